The average molecular weight is 248 g/mol. The zero-order valence-corrected chi connectivity index (χ0v) is 9.88. The highest BCUT2D eigenvalue weighted by molar-refractivity contribution is 7.85. The first kappa shape index (κ1) is 12.4. The monoisotopic (exact) mass is 248 g/mol. The van der Waals surface area contributed by atoms with Crippen molar-refractivity contribution in [3.8, 4) is 5.75 Å². The number of aryl methyl sites for hydroxylation is 1. The van der Waals surface area contributed by atoms with Crippen molar-refractivity contribution in [3.05, 3.63) is 23.8 Å². The molecule has 0 radical (unpaired) electrons. The summed E-state index contributed by atoms with van der Waals surface area (Å²) in [5, 5.41) is 0. The molecule has 0 bridgehead atoms. The molecule has 1 rings (SSSR count). The highest BCUT2D eigenvalue weighted by Gasteiger charge is 2.05. The van der Waals surface area contributed by atoms with Gasteiger partial charge in [0.25, 0.3) is 10.1 Å². The van der Waals surface area contributed by atoms with Gasteiger partial charge in [0.15, 0.2) is 0 Å². The average Bonchev–Trinajstić information content (AvgIpc) is 1.99. The molecule has 6 heteroatoms. The van der Waals surface area contributed by atoms with Gasteiger partial charge >= 0.3 is 0 Å². The van der Waals surface area contributed by atoms with Crippen molar-refractivity contribution in [2.45, 2.75) is 11.8 Å². The predicted octanol–water partition coefficient (Wildman–Crippen LogP) is 1.55. The number of hydrogen-bond donors (Lipinski definition) is 2. The van der Waals surface area contributed by atoms with Crippen molar-refractivity contribution in [1.82, 2.24) is 0 Å². The normalized spacial score (nSPS) is 11.4. The van der Waals surface area contributed by atoms with Gasteiger partial charge in [-0.05, 0) is 30.7 Å². The molecule has 0 aliphatic carbocycles. The van der Waals surface area contributed by atoms with E-state index in [2.05, 4.69) is 12.6 Å². The second kappa shape index (κ2) is 4.87. The third-order valence-corrected chi connectivity index (χ3v) is 2.59. The summed E-state index contributed by atoms with van der Waals surface area (Å²) >= 11 is 4.16. The largest absolute Gasteiger partial charge is 0.492 e. The van der Waals surface area contributed by atoms with E-state index in [1.807, 2.05) is 13.0 Å². The summed E-state index contributed by atoms with van der Waals surface area (Å²) in [7, 11) is -3.96. The van der Waals surface area contributed by atoms with Crippen LogP contribution in [0.15, 0.2) is 23.1 Å². The molecule has 0 saturated carbocycles. The van der Waals surface area contributed by atoms with Crippen LogP contribution in [0.2, 0.25) is 0 Å². The molecule has 0 amide bonds. The number of rotatable bonds is 4. The number of ether oxygens (including phenoxy) is 1. The summed E-state index contributed by atoms with van der Waals surface area (Å²) in [4.78, 5) is 0.747. The Kier molecular flexibility index (Phi) is 4.01. The van der Waals surface area contributed by atoms with Gasteiger partial charge in [-0.2, -0.15) is 8.42 Å². The minimum Gasteiger partial charge on any atom is -0.492 e. The molecular weight excluding hydrogens is 236 g/mol. The molecule has 0 aliphatic heterocycles. The van der Waals surface area contributed by atoms with Crippen LogP contribution in [-0.2, 0) is 10.1 Å². The van der Waals surface area contributed by atoms with Crippen LogP contribution in [0.1, 0.15) is 5.56 Å². The quantitative estimate of drug-likeness (QED) is 0.627. The van der Waals surface area contributed by atoms with Crippen LogP contribution < -0.4 is 4.74 Å². The fourth-order valence-corrected chi connectivity index (χ4v) is 1.70. The van der Waals surface area contributed by atoms with Gasteiger partial charge in [0.1, 0.15) is 18.1 Å². The van der Waals surface area contributed by atoms with Crippen molar-refractivity contribution >= 4 is 22.7 Å². The van der Waals surface area contributed by atoms with Crippen LogP contribution in [0.25, 0.3) is 0 Å². The SMILES string of the molecule is Cc1cc(S)cc(OCCS(=O)(=O)O)c1. The Labute approximate surface area is 94.4 Å². The van der Waals surface area contributed by atoms with E-state index in [0.29, 0.717) is 5.75 Å². The molecule has 0 fully saturated rings. The Balaban J connectivity index is 2.58. The molecule has 1 N–H and O–H groups in total. The second-order valence-electron chi connectivity index (χ2n) is 3.14. The van der Waals surface area contributed by atoms with Crippen LogP contribution in [0.5, 0.6) is 5.75 Å². The van der Waals surface area contributed by atoms with Crippen molar-refractivity contribution in [2.75, 3.05) is 12.4 Å². The second-order valence-corrected chi connectivity index (χ2v) is 5.23. The highest BCUT2D eigenvalue weighted by Crippen LogP contribution is 2.19. The first-order valence-electron chi connectivity index (χ1n) is 4.25. The number of hydrogen-bond acceptors (Lipinski definition) is 4. The smallest absolute Gasteiger partial charge is 0.268 e. The van der Waals surface area contributed by atoms with E-state index in [-0.39, 0.29) is 6.61 Å². The maximum Gasteiger partial charge on any atom is 0.268 e. The number of benzene rings is 1. The third-order valence-electron chi connectivity index (χ3n) is 1.65. The van der Waals surface area contributed by atoms with Gasteiger partial charge in [-0.25, -0.2) is 0 Å². The number of thiol groups is 1. The van der Waals surface area contributed by atoms with E-state index in [1.165, 1.54) is 0 Å². The molecule has 0 heterocycles. The predicted molar refractivity (Wildman–Crippen MR) is 60.3 cm³/mol. The molecule has 0 aromatic heterocycles. The molecule has 0 aliphatic rings. The van der Waals surface area contributed by atoms with Crippen molar-refractivity contribution in [2.24, 2.45) is 0 Å². The molecule has 84 valence electrons. The Morgan fingerprint density at radius 2 is 2.07 bits per heavy atom. The van der Waals surface area contributed by atoms with Crippen LogP contribution >= 0.6 is 12.6 Å². The minimum absolute atomic E-state index is 0.0739. The lowest BCUT2D eigenvalue weighted by Crippen LogP contribution is -2.12. The molecule has 0 unspecified atom stereocenters. The van der Waals surface area contributed by atoms with Crippen LogP contribution in [0, 0.1) is 6.92 Å². The maximum atomic E-state index is 10.4. The first-order chi connectivity index (χ1) is 6.87. The van der Waals surface area contributed by atoms with Gasteiger partial charge < -0.3 is 4.74 Å². The summed E-state index contributed by atoms with van der Waals surface area (Å²) in [6, 6.07) is 5.31. The van der Waals surface area contributed by atoms with Gasteiger partial charge in [0, 0.05) is 4.90 Å². The highest BCUT2D eigenvalue weighted by atomic mass is 32.2. The Hall–Kier alpha value is -0.720. The lowest BCUT2D eigenvalue weighted by molar-refractivity contribution is 0.335. The van der Waals surface area contributed by atoms with Gasteiger partial charge in [0.2, 0.25) is 0 Å². The van der Waals surface area contributed by atoms with Gasteiger partial charge in [0.05, 0.1) is 0 Å². The van der Waals surface area contributed by atoms with E-state index in [4.69, 9.17) is 9.29 Å². The summed E-state index contributed by atoms with van der Waals surface area (Å²) in [6.07, 6.45) is 0. The fourth-order valence-electron chi connectivity index (χ4n) is 1.08. The molecule has 0 saturated heterocycles. The zero-order chi connectivity index (χ0) is 11.5. The summed E-state index contributed by atoms with van der Waals surface area (Å²) in [5.74, 6) is 0.131. The van der Waals surface area contributed by atoms with Crippen molar-refractivity contribution < 1.29 is 17.7 Å². The van der Waals surface area contributed by atoms with Crippen molar-refractivity contribution in [1.29, 1.82) is 0 Å². The summed E-state index contributed by atoms with van der Waals surface area (Å²) in [5.41, 5.74) is 0.976. The minimum atomic E-state index is -3.96. The van der Waals surface area contributed by atoms with Crippen LogP contribution in [-0.4, -0.2) is 25.3 Å². The van der Waals surface area contributed by atoms with E-state index in [1.54, 1.807) is 12.1 Å². The molecule has 4 nitrogen and oxygen atoms in total. The lowest BCUT2D eigenvalue weighted by atomic mass is 10.2. The topological polar surface area (TPSA) is 63.6 Å². The molecule has 0 spiro atoms. The Morgan fingerprint density at radius 3 is 2.60 bits per heavy atom. The van der Waals surface area contributed by atoms with Crippen LogP contribution in [0.3, 0.4) is 0 Å². The first-order valence-corrected chi connectivity index (χ1v) is 6.31. The zero-order valence-electron chi connectivity index (χ0n) is 8.17. The fraction of sp³-hybridized carbons (Fsp3) is 0.333. The summed E-state index contributed by atoms with van der Waals surface area (Å²) in [6.45, 7) is 1.81. The molecule has 1 aromatic rings. The van der Waals surface area contributed by atoms with E-state index in [9.17, 15) is 8.42 Å². The summed E-state index contributed by atoms with van der Waals surface area (Å²) < 4.78 is 34.5. The third kappa shape index (κ3) is 5.06. The van der Waals surface area contributed by atoms with E-state index < -0.39 is 15.9 Å². The molecule has 15 heavy (non-hydrogen) atoms. The Morgan fingerprint density at radius 1 is 1.40 bits per heavy atom. The van der Waals surface area contributed by atoms with E-state index in [0.717, 1.165) is 10.5 Å². The van der Waals surface area contributed by atoms with Gasteiger partial charge in [-0.3, -0.25) is 4.55 Å². The molecule has 1 aromatic carbocycles. The van der Waals surface area contributed by atoms with E-state index >= 15 is 0 Å². The van der Waals surface area contributed by atoms with Gasteiger partial charge in [-0.15, -0.1) is 12.6 Å². The van der Waals surface area contributed by atoms with Gasteiger partial charge in [-0.1, -0.05) is 0 Å². The lowest BCUT2D eigenvalue weighted by Gasteiger charge is -2.06. The molecular formula is C9H12O4S2. The molecule has 0 atom stereocenters. The van der Waals surface area contributed by atoms with Crippen molar-refractivity contribution in [3.63, 3.8) is 0 Å². The maximum absolute atomic E-state index is 10.4. The Bertz CT molecular complexity index is 419. The van der Waals surface area contributed by atoms with Crippen LogP contribution in [0.4, 0.5) is 0 Å². The standard InChI is InChI=1S/C9H12O4S2/c1-7-4-8(6-9(14)5-7)13-2-3-15(10,11)12/h4-6,14H,2-3H2,1H3,(H,10,11,12).